The Balaban J connectivity index is 2.35. The van der Waals surface area contributed by atoms with E-state index in [1.54, 1.807) is 6.26 Å². The predicted octanol–water partition coefficient (Wildman–Crippen LogP) is 0.967. The average molecular weight is 199 g/mol. The molecule has 0 saturated heterocycles. The molecule has 4 nitrogen and oxygen atoms in total. The third-order valence-electron chi connectivity index (χ3n) is 1.63. The number of hydrogen-bond donors (Lipinski definition) is 2. The normalized spacial score (nSPS) is 9.69. The highest BCUT2D eigenvalue weighted by Crippen LogP contribution is 2.03. The first-order valence-electron chi connectivity index (χ1n) is 4.15. The van der Waals surface area contributed by atoms with E-state index in [-0.39, 0.29) is 0 Å². The van der Waals surface area contributed by atoms with E-state index in [1.807, 2.05) is 13.8 Å². The summed E-state index contributed by atoms with van der Waals surface area (Å²) in [4.78, 5) is 0. The zero-order valence-electron chi connectivity index (χ0n) is 7.76. The van der Waals surface area contributed by atoms with Crippen molar-refractivity contribution in [2.45, 2.75) is 20.4 Å². The van der Waals surface area contributed by atoms with Gasteiger partial charge >= 0.3 is 0 Å². The molecule has 0 aliphatic rings. The Bertz CT molecular complexity index is 285. The highest BCUT2D eigenvalue weighted by Gasteiger charge is 2.02. The van der Waals surface area contributed by atoms with Gasteiger partial charge in [0.05, 0.1) is 5.69 Å². The van der Waals surface area contributed by atoms with Crippen LogP contribution in [0.15, 0.2) is 10.8 Å². The molecule has 0 atom stereocenters. The van der Waals surface area contributed by atoms with Crippen molar-refractivity contribution in [3.63, 3.8) is 0 Å². The Labute approximate surface area is 82.7 Å². The maximum absolute atomic E-state index is 5.00. The molecule has 13 heavy (non-hydrogen) atoms. The van der Waals surface area contributed by atoms with Crippen LogP contribution in [-0.2, 0) is 6.54 Å². The maximum Gasteiger partial charge on any atom is 0.166 e. The fourth-order valence-electron chi connectivity index (χ4n) is 0.881. The molecule has 0 radical (unpaired) electrons. The number of hydrogen-bond acceptors (Lipinski definition) is 3. The van der Waals surface area contributed by atoms with E-state index in [9.17, 15) is 0 Å². The molecular formula is C8H13N3OS. The third-order valence-corrected chi connectivity index (χ3v) is 1.91. The minimum Gasteiger partial charge on any atom is -0.364 e. The van der Waals surface area contributed by atoms with Gasteiger partial charge in [-0.15, -0.1) is 0 Å². The summed E-state index contributed by atoms with van der Waals surface area (Å²) in [6.07, 6.45) is 1.62. The van der Waals surface area contributed by atoms with Gasteiger partial charge in [-0.3, -0.25) is 0 Å². The fourth-order valence-corrected chi connectivity index (χ4v) is 1.10. The first-order valence-corrected chi connectivity index (χ1v) is 4.56. The van der Waals surface area contributed by atoms with Crippen LogP contribution in [0.2, 0.25) is 0 Å². The molecule has 0 aliphatic carbocycles. The summed E-state index contributed by atoms with van der Waals surface area (Å²) in [5.41, 5.74) is 1.92. The van der Waals surface area contributed by atoms with Crippen molar-refractivity contribution in [3.05, 3.63) is 17.5 Å². The minimum atomic E-state index is 0.654. The van der Waals surface area contributed by atoms with Crippen molar-refractivity contribution in [2.75, 3.05) is 6.54 Å². The number of thiocarbonyl (C=S) groups is 1. The topological polar surface area (TPSA) is 50.1 Å². The van der Waals surface area contributed by atoms with Crippen molar-refractivity contribution in [1.29, 1.82) is 0 Å². The van der Waals surface area contributed by atoms with Crippen LogP contribution in [0.5, 0.6) is 0 Å². The second-order valence-electron chi connectivity index (χ2n) is 2.64. The Morgan fingerprint density at radius 3 is 2.92 bits per heavy atom. The molecule has 72 valence electrons. The summed E-state index contributed by atoms with van der Waals surface area (Å²) in [7, 11) is 0. The molecule has 0 aromatic carbocycles. The van der Waals surface area contributed by atoms with Crippen molar-refractivity contribution < 1.29 is 4.52 Å². The van der Waals surface area contributed by atoms with Crippen LogP contribution in [0, 0.1) is 6.92 Å². The summed E-state index contributed by atoms with van der Waals surface area (Å²) >= 11 is 5.00. The van der Waals surface area contributed by atoms with Gasteiger partial charge in [0.25, 0.3) is 0 Å². The molecule has 0 unspecified atom stereocenters. The Kier molecular flexibility index (Phi) is 3.70. The molecule has 0 bridgehead atoms. The fraction of sp³-hybridized carbons (Fsp3) is 0.500. The zero-order valence-corrected chi connectivity index (χ0v) is 8.57. The van der Waals surface area contributed by atoms with E-state index in [1.165, 1.54) is 0 Å². The van der Waals surface area contributed by atoms with Crippen LogP contribution in [0.3, 0.4) is 0 Å². The van der Waals surface area contributed by atoms with E-state index in [0.717, 1.165) is 17.8 Å². The molecule has 0 aliphatic heterocycles. The quantitative estimate of drug-likeness (QED) is 0.710. The Morgan fingerprint density at radius 2 is 2.38 bits per heavy atom. The van der Waals surface area contributed by atoms with E-state index in [4.69, 9.17) is 16.7 Å². The molecule has 1 rings (SSSR count). The lowest BCUT2D eigenvalue weighted by Crippen LogP contribution is -2.34. The molecule has 0 amide bonds. The second-order valence-corrected chi connectivity index (χ2v) is 3.05. The lowest BCUT2D eigenvalue weighted by Gasteiger charge is -2.06. The summed E-state index contributed by atoms with van der Waals surface area (Å²) in [6, 6.07) is 0. The number of nitrogens with zero attached hydrogens (tertiary/aromatic N) is 1. The van der Waals surface area contributed by atoms with Gasteiger partial charge in [-0.25, -0.2) is 0 Å². The van der Waals surface area contributed by atoms with E-state index >= 15 is 0 Å². The Hall–Kier alpha value is -1.10. The SMILES string of the molecule is CCNC(=S)NCc1conc1C. The van der Waals surface area contributed by atoms with E-state index in [0.29, 0.717) is 11.7 Å². The molecule has 5 heteroatoms. The highest BCUT2D eigenvalue weighted by molar-refractivity contribution is 7.80. The smallest absolute Gasteiger partial charge is 0.166 e. The summed E-state index contributed by atoms with van der Waals surface area (Å²) < 4.78 is 4.78. The largest absolute Gasteiger partial charge is 0.364 e. The molecule has 2 N–H and O–H groups in total. The molecule has 1 aromatic heterocycles. The van der Waals surface area contributed by atoms with Crippen molar-refractivity contribution in [3.8, 4) is 0 Å². The van der Waals surface area contributed by atoms with Crippen molar-refractivity contribution >= 4 is 17.3 Å². The van der Waals surface area contributed by atoms with E-state index in [2.05, 4.69) is 15.8 Å². The molecule has 1 heterocycles. The van der Waals surface area contributed by atoms with Crippen LogP contribution in [-0.4, -0.2) is 16.8 Å². The second kappa shape index (κ2) is 4.81. The Morgan fingerprint density at radius 1 is 1.62 bits per heavy atom. The van der Waals surface area contributed by atoms with Gasteiger partial charge in [0, 0.05) is 18.7 Å². The van der Waals surface area contributed by atoms with Gasteiger partial charge in [-0.1, -0.05) is 5.16 Å². The summed E-state index contributed by atoms with van der Waals surface area (Å²) in [5.74, 6) is 0. The van der Waals surface area contributed by atoms with Crippen LogP contribution >= 0.6 is 12.2 Å². The van der Waals surface area contributed by atoms with Gasteiger partial charge in [-0.2, -0.15) is 0 Å². The van der Waals surface area contributed by atoms with Crippen LogP contribution in [0.1, 0.15) is 18.2 Å². The lowest BCUT2D eigenvalue weighted by molar-refractivity contribution is 0.414. The van der Waals surface area contributed by atoms with Gasteiger partial charge in [0.2, 0.25) is 0 Å². The highest BCUT2D eigenvalue weighted by atomic mass is 32.1. The van der Waals surface area contributed by atoms with Gasteiger partial charge in [0.15, 0.2) is 5.11 Å². The molecule has 0 saturated carbocycles. The monoisotopic (exact) mass is 199 g/mol. The van der Waals surface area contributed by atoms with Crippen molar-refractivity contribution in [1.82, 2.24) is 15.8 Å². The predicted molar refractivity (Wildman–Crippen MR) is 54.4 cm³/mol. The molecule has 0 fully saturated rings. The number of aryl methyl sites for hydroxylation is 1. The number of nitrogens with one attached hydrogen (secondary N) is 2. The first-order chi connectivity index (χ1) is 6.24. The standard InChI is InChI=1S/C8H13N3OS/c1-3-9-8(13)10-4-7-5-12-11-6(7)2/h5H,3-4H2,1-2H3,(H2,9,10,13). The minimum absolute atomic E-state index is 0.654. The third kappa shape index (κ3) is 3.02. The number of aromatic nitrogens is 1. The first kappa shape index (κ1) is 9.98. The molecule has 0 spiro atoms. The lowest BCUT2D eigenvalue weighted by atomic mass is 10.3. The molecule has 1 aromatic rings. The number of rotatable bonds is 3. The molecular weight excluding hydrogens is 186 g/mol. The van der Waals surface area contributed by atoms with Crippen LogP contribution < -0.4 is 10.6 Å². The van der Waals surface area contributed by atoms with Gasteiger partial charge in [0.1, 0.15) is 6.26 Å². The van der Waals surface area contributed by atoms with Crippen molar-refractivity contribution in [2.24, 2.45) is 0 Å². The maximum atomic E-state index is 5.00. The van der Waals surface area contributed by atoms with Gasteiger partial charge < -0.3 is 15.2 Å². The van der Waals surface area contributed by atoms with E-state index < -0.39 is 0 Å². The summed E-state index contributed by atoms with van der Waals surface area (Å²) in [6.45, 7) is 5.38. The zero-order chi connectivity index (χ0) is 9.68. The van der Waals surface area contributed by atoms with Crippen LogP contribution in [0.4, 0.5) is 0 Å². The average Bonchev–Trinajstić information content (AvgIpc) is 2.48. The van der Waals surface area contributed by atoms with Crippen LogP contribution in [0.25, 0.3) is 0 Å². The summed E-state index contributed by atoms with van der Waals surface area (Å²) in [5, 5.41) is 10.5. The van der Waals surface area contributed by atoms with Gasteiger partial charge in [-0.05, 0) is 26.1 Å².